The number of aliphatic hydroxyl groups excluding tert-OH is 1. The molecule has 1 aliphatic rings. The molecule has 0 aliphatic carbocycles. The fraction of sp³-hybridized carbons (Fsp3) is 0.583. The Morgan fingerprint density at radius 3 is 3.06 bits per heavy atom. The number of amides is 1. The lowest BCUT2D eigenvalue weighted by Gasteiger charge is -2.42. The first-order valence-electron chi connectivity index (χ1n) is 5.63. The van der Waals surface area contributed by atoms with E-state index >= 15 is 0 Å². The van der Waals surface area contributed by atoms with E-state index in [9.17, 15) is 9.90 Å². The Labute approximate surface area is 105 Å². The molecular weight excluding hydrogens is 238 g/mol. The van der Waals surface area contributed by atoms with E-state index in [0.29, 0.717) is 13.1 Å². The summed E-state index contributed by atoms with van der Waals surface area (Å²) in [4.78, 5) is 14.7. The number of hydrogen-bond donors (Lipinski definition) is 1. The fourth-order valence-electron chi connectivity index (χ4n) is 2.10. The fourth-order valence-corrected chi connectivity index (χ4v) is 2.79. The minimum Gasteiger partial charge on any atom is -0.394 e. The highest BCUT2D eigenvalue weighted by Gasteiger charge is 2.35. The molecule has 1 amide bonds. The van der Waals surface area contributed by atoms with Crippen LogP contribution in [0.25, 0.3) is 0 Å². The first-order valence-corrected chi connectivity index (χ1v) is 6.51. The van der Waals surface area contributed by atoms with E-state index in [1.54, 1.807) is 4.90 Å². The van der Waals surface area contributed by atoms with Crippen molar-refractivity contribution in [2.75, 3.05) is 19.7 Å². The van der Waals surface area contributed by atoms with Gasteiger partial charge in [-0.15, -0.1) is 11.3 Å². The maximum Gasteiger partial charge on any atom is 0.264 e. The number of morpholine rings is 1. The van der Waals surface area contributed by atoms with Crippen molar-refractivity contribution in [3.05, 3.63) is 22.4 Å². The highest BCUT2D eigenvalue weighted by Crippen LogP contribution is 2.23. The van der Waals surface area contributed by atoms with Gasteiger partial charge in [0.05, 0.1) is 23.2 Å². The molecule has 1 aromatic rings. The Morgan fingerprint density at radius 1 is 1.71 bits per heavy atom. The molecule has 1 aliphatic heterocycles. The van der Waals surface area contributed by atoms with Gasteiger partial charge >= 0.3 is 0 Å². The van der Waals surface area contributed by atoms with Crippen LogP contribution in [0.2, 0.25) is 0 Å². The third kappa shape index (κ3) is 2.86. The maximum atomic E-state index is 12.2. The summed E-state index contributed by atoms with van der Waals surface area (Å²) in [5.41, 5.74) is -0.404. The van der Waals surface area contributed by atoms with E-state index < -0.39 is 5.60 Å². The first kappa shape index (κ1) is 12.5. The zero-order valence-electron chi connectivity index (χ0n) is 10.0. The summed E-state index contributed by atoms with van der Waals surface area (Å²) in [6.45, 7) is 4.82. The molecule has 1 N–H and O–H groups in total. The predicted molar refractivity (Wildman–Crippen MR) is 66.3 cm³/mol. The summed E-state index contributed by atoms with van der Waals surface area (Å²) in [6.07, 6.45) is -0.289. The van der Waals surface area contributed by atoms with Crippen LogP contribution in [-0.4, -0.2) is 47.3 Å². The molecule has 1 fully saturated rings. The molecule has 2 rings (SSSR count). The van der Waals surface area contributed by atoms with Crippen molar-refractivity contribution >= 4 is 17.2 Å². The quantitative estimate of drug-likeness (QED) is 0.868. The standard InChI is InChI=1S/C12H17NO3S/c1-12(2)8-13(6-9(7-14)16-12)11(15)10-4-3-5-17-10/h3-5,9,14H,6-8H2,1-2H3. The Kier molecular flexibility index (Phi) is 3.51. The van der Waals surface area contributed by atoms with Crippen LogP contribution in [0.4, 0.5) is 0 Å². The van der Waals surface area contributed by atoms with Gasteiger partial charge in [0.25, 0.3) is 5.91 Å². The van der Waals surface area contributed by atoms with Crippen molar-refractivity contribution in [3.8, 4) is 0 Å². The van der Waals surface area contributed by atoms with Crippen molar-refractivity contribution in [1.29, 1.82) is 0 Å². The summed E-state index contributed by atoms with van der Waals surface area (Å²) in [5.74, 6) is 0.0230. The van der Waals surface area contributed by atoms with Gasteiger partial charge in [0.15, 0.2) is 0 Å². The van der Waals surface area contributed by atoms with Gasteiger partial charge in [0, 0.05) is 13.1 Å². The summed E-state index contributed by atoms with van der Waals surface area (Å²) < 4.78 is 5.68. The van der Waals surface area contributed by atoms with E-state index in [0.717, 1.165) is 4.88 Å². The molecular formula is C12H17NO3S. The van der Waals surface area contributed by atoms with E-state index in [1.165, 1.54) is 11.3 Å². The predicted octanol–water partition coefficient (Wildman–Crippen LogP) is 1.36. The van der Waals surface area contributed by atoms with Crippen molar-refractivity contribution < 1.29 is 14.6 Å². The maximum absolute atomic E-state index is 12.2. The van der Waals surface area contributed by atoms with Crippen molar-refractivity contribution in [1.82, 2.24) is 4.90 Å². The van der Waals surface area contributed by atoms with Crippen molar-refractivity contribution in [2.45, 2.75) is 25.6 Å². The second-order valence-electron chi connectivity index (χ2n) is 4.85. The number of carbonyl (C=O) groups is 1. The number of ether oxygens (including phenoxy) is 1. The average Bonchev–Trinajstić information content (AvgIpc) is 2.79. The van der Waals surface area contributed by atoms with Crippen LogP contribution in [0.5, 0.6) is 0 Å². The van der Waals surface area contributed by atoms with E-state index in [2.05, 4.69) is 0 Å². The number of hydrogen-bond acceptors (Lipinski definition) is 4. The monoisotopic (exact) mass is 255 g/mol. The lowest BCUT2D eigenvalue weighted by atomic mass is 10.1. The molecule has 1 atom stereocenters. The molecule has 0 saturated carbocycles. The number of thiophene rings is 1. The van der Waals surface area contributed by atoms with E-state index in [-0.39, 0.29) is 18.6 Å². The van der Waals surface area contributed by atoms with Gasteiger partial charge in [-0.25, -0.2) is 0 Å². The Bertz CT molecular complexity index is 388. The van der Waals surface area contributed by atoms with Crippen LogP contribution >= 0.6 is 11.3 Å². The smallest absolute Gasteiger partial charge is 0.264 e. The molecule has 1 unspecified atom stereocenters. The number of aliphatic hydroxyl groups is 1. The normalized spacial score (nSPS) is 23.7. The highest BCUT2D eigenvalue weighted by molar-refractivity contribution is 7.12. The minimum absolute atomic E-state index is 0.0230. The molecule has 0 bridgehead atoms. The number of nitrogens with zero attached hydrogens (tertiary/aromatic N) is 1. The zero-order chi connectivity index (χ0) is 12.5. The molecule has 1 saturated heterocycles. The molecule has 2 heterocycles. The molecule has 94 valence electrons. The van der Waals surface area contributed by atoms with Gasteiger partial charge in [0.2, 0.25) is 0 Å². The number of carbonyl (C=O) groups excluding carboxylic acids is 1. The molecule has 0 aromatic carbocycles. The molecule has 17 heavy (non-hydrogen) atoms. The van der Waals surface area contributed by atoms with E-state index in [1.807, 2.05) is 31.4 Å². The summed E-state index contributed by atoms with van der Waals surface area (Å²) in [5, 5.41) is 11.1. The molecule has 4 nitrogen and oxygen atoms in total. The first-order chi connectivity index (χ1) is 8.02. The van der Waals surface area contributed by atoms with Crippen molar-refractivity contribution in [2.24, 2.45) is 0 Å². The minimum atomic E-state index is -0.404. The Balaban J connectivity index is 2.12. The van der Waals surface area contributed by atoms with Crippen LogP contribution in [0, 0.1) is 0 Å². The molecule has 1 aromatic heterocycles. The Morgan fingerprint density at radius 2 is 2.47 bits per heavy atom. The second-order valence-corrected chi connectivity index (χ2v) is 5.79. The number of rotatable bonds is 2. The highest BCUT2D eigenvalue weighted by atomic mass is 32.1. The van der Waals surface area contributed by atoms with Gasteiger partial charge in [-0.2, -0.15) is 0 Å². The van der Waals surface area contributed by atoms with E-state index in [4.69, 9.17) is 4.74 Å². The summed E-state index contributed by atoms with van der Waals surface area (Å²) in [6, 6.07) is 3.69. The lowest BCUT2D eigenvalue weighted by Crippen LogP contribution is -2.55. The molecule has 5 heteroatoms. The molecule has 0 radical (unpaired) electrons. The van der Waals surface area contributed by atoms with Gasteiger partial charge in [0.1, 0.15) is 0 Å². The Hall–Kier alpha value is -0.910. The van der Waals surface area contributed by atoms with Gasteiger partial charge in [-0.05, 0) is 25.3 Å². The third-order valence-corrected chi connectivity index (χ3v) is 3.56. The van der Waals surface area contributed by atoms with Crippen LogP contribution in [0.15, 0.2) is 17.5 Å². The van der Waals surface area contributed by atoms with Crippen LogP contribution in [0.3, 0.4) is 0 Å². The SMILES string of the molecule is CC1(C)CN(C(=O)c2cccs2)CC(CO)O1. The lowest BCUT2D eigenvalue weighted by molar-refractivity contribution is -0.139. The third-order valence-electron chi connectivity index (χ3n) is 2.70. The molecule has 0 spiro atoms. The van der Waals surface area contributed by atoms with Gasteiger partial charge < -0.3 is 14.7 Å². The van der Waals surface area contributed by atoms with Crippen molar-refractivity contribution in [3.63, 3.8) is 0 Å². The van der Waals surface area contributed by atoms with Crippen LogP contribution in [-0.2, 0) is 4.74 Å². The average molecular weight is 255 g/mol. The summed E-state index contributed by atoms with van der Waals surface area (Å²) in [7, 11) is 0. The largest absolute Gasteiger partial charge is 0.394 e. The van der Waals surface area contributed by atoms with Gasteiger partial charge in [-0.1, -0.05) is 6.07 Å². The van der Waals surface area contributed by atoms with Crippen LogP contribution < -0.4 is 0 Å². The zero-order valence-corrected chi connectivity index (χ0v) is 10.9. The summed E-state index contributed by atoms with van der Waals surface area (Å²) >= 11 is 1.44. The second kappa shape index (κ2) is 4.76. The topological polar surface area (TPSA) is 49.8 Å². The van der Waals surface area contributed by atoms with Gasteiger partial charge in [-0.3, -0.25) is 4.79 Å². The van der Waals surface area contributed by atoms with Crippen LogP contribution in [0.1, 0.15) is 23.5 Å².